The van der Waals surface area contributed by atoms with Gasteiger partial charge in [-0.05, 0) is 30.7 Å². The number of nitrogens with one attached hydrogen (secondary N) is 1. The van der Waals surface area contributed by atoms with Crippen LogP contribution in [-0.4, -0.2) is 13.7 Å². The van der Waals surface area contributed by atoms with E-state index in [1.54, 1.807) is 7.11 Å². The Morgan fingerprint density at radius 2 is 1.84 bits per heavy atom. The van der Waals surface area contributed by atoms with Gasteiger partial charge in [0, 0.05) is 16.6 Å². The van der Waals surface area contributed by atoms with Crippen LogP contribution in [0, 0.1) is 0 Å². The molecule has 1 N–H and O–H groups in total. The van der Waals surface area contributed by atoms with Crippen molar-refractivity contribution in [2.24, 2.45) is 0 Å². The average Bonchev–Trinajstić information content (AvgIpc) is 2.61. The minimum Gasteiger partial charge on any atom is -0.493 e. The third kappa shape index (κ3) is 7.27. The lowest BCUT2D eigenvalue weighted by atomic mass is 10.1. The van der Waals surface area contributed by atoms with E-state index in [9.17, 15) is 0 Å². The summed E-state index contributed by atoms with van der Waals surface area (Å²) in [6, 6.07) is 14.2. The van der Waals surface area contributed by atoms with Crippen molar-refractivity contribution in [1.82, 2.24) is 5.32 Å². The van der Waals surface area contributed by atoms with Gasteiger partial charge in [0.1, 0.15) is 6.61 Å². The van der Waals surface area contributed by atoms with Crippen LogP contribution in [0.15, 0.2) is 46.9 Å². The molecule has 25 heavy (non-hydrogen) atoms. The first-order valence-electron chi connectivity index (χ1n) is 8.48. The summed E-state index contributed by atoms with van der Waals surface area (Å²) in [7, 11) is 1.68. The summed E-state index contributed by atoms with van der Waals surface area (Å²) in [6.07, 6.45) is 3.69. The van der Waals surface area contributed by atoms with Gasteiger partial charge in [-0.1, -0.05) is 66.0 Å². The zero-order chi connectivity index (χ0) is 17.2. The van der Waals surface area contributed by atoms with E-state index in [-0.39, 0.29) is 12.4 Å². The Hall–Kier alpha value is -1.23. The van der Waals surface area contributed by atoms with Crippen LogP contribution in [0.1, 0.15) is 37.3 Å². The Morgan fingerprint density at radius 1 is 1.08 bits per heavy atom. The van der Waals surface area contributed by atoms with Crippen molar-refractivity contribution in [3.05, 3.63) is 58.1 Å². The van der Waals surface area contributed by atoms with Gasteiger partial charge in [-0.25, -0.2) is 0 Å². The molecule has 0 aliphatic heterocycles. The maximum atomic E-state index is 6.09. The molecule has 0 saturated heterocycles. The van der Waals surface area contributed by atoms with Gasteiger partial charge in [0.05, 0.1) is 7.11 Å². The molecule has 0 heterocycles. The van der Waals surface area contributed by atoms with Crippen molar-refractivity contribution in [2.75, 3.05) is 13.7 Å². The molecule has 0 bridgehead atoms. The first-order valence-corrected chi connectivity index (χ1v) is 9.27. The van der Waals surface area contributed by atoms with E-state index >= 15 is 0 Å². The highest BCUT2D eigenvalue weighted by molar-refractivity contribution is 9.10. The lowest BCUT2D eigenvalue weighted by molar-refractivity contribution is 0.280. The fourth-order valence-corrected chi connectivity index (χ4v) is 3.01. The van der Waals surface area contributed by atoms with Crippen molar-refractivity contribution in [3.8, 4) is 11.5 Å². The Labute approximate surface area is 165 Å². The van der Waals surface area contributed by atoms with Crippen LogP contribution in [0.3, 0.4) is 0 Å². The summed E-state index contributed by atoms with van der Waals surface area (Å²) in [5, 5.41) is 3.50. The number of benzene rings is 2. The fourth-order valence-electron chi connectivity index (χ4n) is 2.52. The topological polar surface area (TPSA) is 30.5 Å². The number of unbranched alkanes of at least 4 members (excludes halogenated alkanes) is 2. The minimum atomic E-state index is 0. The molecule has 2 rings (SSSR count). The first-order chi connectivity index (χ1) is 11.7. The van der Waals surface area contributed by atoms with E-state index in [0.29, 0.717) is 6.61 Å². The van der Waals surface area contributed by atoms with Crippen LogP contribution in [0.5, 0.6) is 11.5 Å². The van der Waals surface area contributed by atoms with Gasteiger partial charge in [-0.15, -0.1) is 12.4 Å². The van der Waals surface area contributed by atoms with E-state index in [0.717, 1.165) is 40.2 Å². The Balaban J connectivity index is 0.00000312. The Bertz CT molecular complexity index is 623. The highest BCUT2D eigenvalue weighted by Crippen LogP contribution is 2.35. The van der Waals surface area contributed by atoms with Gasteiger partial charge in [0.15, 0.2) is 11.5 Å². The zero-order valence-corrected chi connectivity index (χ0v) is 17.3. The summed E-state index contributed by atoms with van der Waals surface area (Å²) in [6.45, 7) is 4.53. The lowest BCUT2D eigenvalue weighted by Crippen LogP contribution is -2.15. The second-order valence-corrected chi connectivity index (χ2v) is 6.67. The van der Waals surface area contributed by atoms with Crippen LogP contribution >= 0.6 is 28.3 Å². The summed E-state index contributed by atoms with van der Waals surface area (Å²) < 4.78 is 12.6. The number of hydrogen-bond donors (Lipinski definition) is 1. The van der Waals surface area contributed by atoms with E-state index in [1.165, 1.54) is 19.3 Å². The van der Waals surface area contributed by atoms with Crippen molar-refractivity contribution in [3.63, 3.8) is 0 Å². The summed E-state index contributed by atoms with van der Waals surface area (Å²) in [5.41, 5.74) is 2.25. The molecule has 2 aromatic carbocycles. The molecule has 138 valence electrons. The minimum absolute atomic E-state index is 0. The molecule has 0 aliphatic carbocycles. The number of halogens is 2. The van der Waals surface area contributed by atoms with E-state index in [4.69, 9.17) is 9.47 Å². The highest BCUT2D eigenvalue weighted by Gasteiger charge is 2.13. The van der Waals surface area contributed by atoms with Crippen LogP contribution in [0.4, 0.5) is 0 Å². The predicted octanol–water partition coefficient (Wildman–Crippen LogP) is 5.74. The maximum Gasteiger partial charge on any atom is 0.166 e. The standard InChI is InChI=1S/C20H26BrNO2.ClH/c1-3-4-8-11-22-14-17-12-18(21)13-19(23-2)20(17)24-15-16-9-6-5-7-10-16;/h5-7,9-10,12-13,22H,3-4,8,11,14-15H2,1-2H3;1H. The van der Waals surface area contributed by atoms with Crippen molar-refractivity contribution < 1.29 is 9.47 Å². The number of rotatable bonds is 10. The molecule has 0 spiro atoms. The van der Waals surface area contributed by atoms with E-state index < -0.39 is 0 Å². The highest BCUT2D eigenvalue weighted by atomic mass is 79.9. The third-order valence-electron chi connectivity index (χ3n) is 3.82. The van der Waals surface area contributed by atoms with Crippen molar-refractivity contribution >= 4 is 28.3 Å². The zero-order valence-electron chi connectivity index (χ0n) is 14.9. The molecular weight excluding hydrogens is 402 g/mol. The molecule has 0 aromatic heterocycles. The number of ether oxygens (including phenoxy) is 2. The molecule has 0 amide bonds. The quantitative estimate of drug-likeness (QED) is 0.490. The molecule has 0 fully saturated rings. The van der Waals surface area contributed by atoms with Crippen LogP contribution in [-0.2, 0) is 13.2 Å². The second-order valence-electron chi connectivity index (χ2n) is 5.75. The smallest absolute Gasteiger partial charge is 0.166 e. The van der Waals surface area contributed by atoms with Gasteiger partial charge in [0.2, 0.25) is 0 Å². The third-order valence-corrected chi connectivity index (χ3v) is 4.27. The first kappa shape index (κ1) is 21.8. The molecule has 0 radical (unpaired) electrons. The normalized spacial score (nSPS) is 10.2. The largest absolute Gasteiger partial charge is 0.493 e. The number of methoxy groups -OCH3 is 1. The maximum absolute atomic E-state index is 6.09. The van der Waals surface area contributed by atoms with Crippen LogP contribution in [0.2, 0.25) is 0 Å². The van der Waals surface area contributed by atoms with Gasteiger partial charge >= 0.3 is 0 Å². The van der Waals surface area contributed by atoms with Gasteiger partial charge in [-0.2, -0.15) is 0 Å². The van der Waals surface area contributed by atoms with E-state index in [1.807, 2.05) is 24.3 Å². The fraction of sp³-hybridized carbons (Fsp3) is 0.400. The SMILES string of the molecule is CCCCCNCc1cc(Br)cc(OC)c1OCc1ccccc1.Cl. The molecule has 0 aliphatic rings. The predicted molar refractivity (Wildman–Crippen MR) is 110 cm³/mol. The molecule has 0 atom stereocenters. The van der Waals surface area contributed by atoms with Crippen LogP contribution in [0.25, 0.3) is 0 Å². The Kier molecular flexibility index (Phi) is 10.6. The lowest BCUT2D eigenvalue weighted by Gasteiger charge is -2.16. The molecule has 3 nitrogen and oxygen atoms in total. The summed E-state index contributed by atoms with van der Waals surface area (Å²) in [4.78, 5) is 0. The van der Waals surface area contributed by atoms with Crippen molar-refractivity contribution in [1.29, 1.82) is 0 Å². The number of hydrogen-bond acceptors (Lipinski definition) is 3. The van der Waals surface area contributed by atoms with Gasteiger partial charge < -0.3 is 14.8 Å². The van der Waals surface area contributed by atoms with Crippen LogP contribution < -0.4 is 14.8 Å². The molecule has 2 aromatic rings. The average molecular weight is 429 g/mol. The summed E-state index contributed by atoms with van der Waals surface area (Å²) in [5.74, 6) is 1.57. The molecule has 0 saturated carbocycles. The summed E-state index contributed by atoms with van der Waals surface area (Å²) >= 11 is 3.55. The van der Waals surface area contributed by atoms with Gasteiger partial charge in [0.25, 0.3) is 0 Å². The van der Waals surface area contributed by atoms with Gasteiger partial charge in [-0.3, -0.25) is 0 Å². The molecular formula is C20H27BrClNO2. The second kappa shape index (κ2) is 12.2. The Morgan fingerprint density at radius 3 is 2.52 bits per heavy atom. The van der Waals surface area contributed by atoms with E-state index in [2.05, 4.69) is 46.4 Å². The van der Waals surface area contributed by atoms with Crippen molar-refractivity contribution in [2.45, 2.75) is 39.3 Å². The monoisotopic (exact) mass is 427 g/mol. The molecule has 5 heteroatoms. The molecule has 0 unspecified atom stereocenters.